The van der Waals surface area contributed by atoms with E-state index in [9.17, 15) is 9.18 Å². The molecule has 0 spiro atoms. The molecule has 0 fully saturated rings. The molecule has 0 aromatic heterocycles. The minimum absolute atomic E-state index is 0.00520. The van der Waals surface area contributed by atoms with E-state index in [2.05, 4.69) is 15.9 Å². The average molecular weight is 354 g/mol. The van der Waals surface area contributed by atoms with Gasteiger partial charge in [0, 0.05) is 5.56 Å². The van der Waals surface area contributed by atoms with Crippen molar-refractivity contribution < 1.29 is 18.7 Å². The summed E-state index contributed by atoms with van der Waals surface area (Å²) in [5.74, 6) is -0.508. The van der Waals surface area contributed by atoms with Crippen molar-refractivity contribution in [2.45, 2.75) is 0 Å². The van der Waals surface area contributed by atoms with Gasteiger partial charge in [-0.05, 0) is 45.8 Å². The van der Waals surface area contributed by atoms with E-state index in [0.717, 1.165) is 10.5 Å². The number of halogens is 2. The van der Waals surface area contributed by atoms with Crippen molar-refractivity contribution in [3.63, 3.8) is 0 Å². The maximum absolute atomic E-state index is 13.7. The van der Waals surface area contributed by atoms with Crippen LogP contribution in [0.1, 0.15) is 10.4 Å². The highest BCUT2D eigenvalue weighted by molar-refractivity contribution is 9.10. The molecule has 0 atom stereocenters. The first-order chi connectivity index (χ1) is 9.97. The fourth-order valence-corrected chi connectivity index (χ4v) is 2.45. The van der Waals surface area contributed by atoms with Crippen LogP contribution in [-0.2, 0) is 0 Å². The first kappa shape index (κ1) is 15.3. The molecule has 0 radical (unpaired) electrons. The highest BCUT2D eigenvalue weighted by atomic mass is 79.9. The largest absolute Gasteiger partial charge is 0.496 e. The van der Waals surface area contributed by atoms with E-state index in [1.165, 1.54) is 20.3 Å². The summed E-state index contributed by atoms with van der Waals surface area (Å²) in [6, 6.07) is 7.58. The van der Waals surface area contributed by atoms with E-state index < -0.39 is 11.7 Å². The van der Waals surface area contributed by atoms with Gasteiger partial charge in [-0.3, -0.25) is 4.79 Å². The van der Waals surface area contributed by atoms with Gasteiger partial charge in [0.25, 0.3) is 5.91 Å². The SMILES string of the molecule is COc1cc(-c2cc(F)cc(C(N)=O)c2OC)ccc1Br. The van der Waals surface area contributed by atoms with Crippen LogP contribution in [0.4, 0.5) is 4.39 Å². The lowest BCUT2D eigenvalue weighted by Gasteiger charge is -2.13. The molecule has 0 aliphatic carbocycles. The molecular weight excluding hydrogens is 341 g/mol. The van der Waals surface area contributed by atoms with Gasteiger partial charge in [-0.25, -0.2) is 4.39 Å². The van der Waals surface area contributed by atoms with E-state index in [1.807, 2.05) is 0 Å². The molecule has 0 aliphatic heterocycles. The molecule has 2 aromatic rings. The molecule has 0 saturated heterocycles. The van der Waals surface area contributed by atoms with Gasteiger partial charge in [-0.15, -0.1) is 0 Å². The van der Waals surface area contributed by atoms with Crippen LogP contribution in [0.25, 0.3) is 11.1 Å². The number of hydrogen-bond acceptors (Lipinski definition) is 3. The molecule has 0 saturated carbocycles. The molecule has 0 unspecified atom stereocenters. The fraction of sp³-hybridized carbons (Fsp3) is 0.133. The molecule has 1 amide bonds. The van der Waals surface area contributed by atoms with Crippen LogP contribution in [-0.4, -0.2) is 20.1 Å². The highest BCUT2D eigenvalue weighted by Gasteiger charge is 2.18. The zero-order valence-corrected chi connectivity index (χ0v) is 13.0. The van der Waals surface area contributed by atoms with Gasteiger partial charge in [0.1, 0.15) is 17.3 Å². The van der Waals surface area contributed by atoms with E-state index >= 15 is 0 Å². The van der Waals surface area contributed by atoms with Crippen LogP contribution in [0, 0.1) is 5.82 Å². The number of nitrogens with two attached hydrogens (primary N) is 1. The summed E-state index contributed by atoms with van der Waals surface area (Å²) < 4.78 is 25.0. The van der Waals surface area contributed by atoms with E-state index in [0.29, 0.717) is 16.9 Å². The predicted octanol–water partition coefficient (Wildman–Crippen LogP) is 3.37. The summed E-state index contributed by atoms with van der Waals surface area (Å²) in [7, 11) is 2.93. The number of rotatable bonds is 4. The summed E-state index contributed by atoms with van der Waals surface area (Å²) in [5, 5.41) is 0. The minimum Gasteiger partial charge on any atom is -0.496 e. The summed E-state index contributed by atoms with van der Waals surface area (Å²) in [4.78, 5) is 11.4. The van der Waals surface area contributed by atoms with Crippen LogP contribution >= 0.6 is 15.9 Å². The second-order valence-corrected chi connectivity index (χ2v) is 5.10. The molecule has 6 heteroatoms. The summed E-state index contributed by atoms with van der Waals surface area (Å²) in [6.45, 7) is 0. The molecule has 21 heavy (non-hydrogen) atoms. The second kappa shape index (κ2) is 6.13. The Morgan fingerprint density at radius 2 is 1.90 bits per heavy atom. The second-order valence-electron chi connectivity index (χ2n) is 4.25. The van der Waals surface area contributed by atoms with Crippen LogP contribution in [0.2, 0.25) is 0 Å². The van der Waals surface area contributed by atoms with Crippen LogP contribution in [0.15, 0.2) is 34.8 Å². The first-order valence-electron chi connectivity index (χ1n) is 5.99. The Balaban J connectivity index is 2.71. The minimum atomic E-state index is -0.753. The fourth-order valence-electron chi connectivity index (χ4n) is 2.04. The number of amides is 1. The quantitative estimate of drug-likeness (QED) is 0.916. The van der Waals surface area contributed by atoms with Crippen molar-refractivity contribution in [2.24, 2.45) is 5.73 Å². The monoisotopic (exact) mass is 353 g/mol. The Kier molecular flexibility index (Phi) is 4.47. The third-order valence-electron chi connectivity index (χ3n) is 2.99. The topological polar surface area (TPSA) is 61.5 Å². The number of hydrogen-bond donors (Lipinski definition) is 1. The predicted molar refractivity (Wildman–Crippen MR) is 81.2 cm³/mol. The first-order valence-corrected chi connectivity index (χ1v) is 6.78. The Morgan fingerprint density at radius 1 is 1.19 bits per heavy atom. The zero-order valence-electron chi connectivity index (χ0n) is 11.4. The molecule has 2 rings (SSSR count). The molecule has 2 aromatic carbocycles. The number of carbonyl (C=O) groups is 1. The van der Waals surface area contributed by atoms with Crippen LogP contribution in [0.5, 0.6) is 11.5 Å². The zero-order chi connectivity index (χ0) is 15.6. The van der Waals surface area contributed by atoms with Crippen molar-refractivity contribution >= 4 is 21.8 Å². The normalized spacial score (nSPS) is 10.3. The standard InChI is InChI=1S/C15H13BrFNO3/c1-20-13-5-8(3-4-12(13)16)10-6-9(17)7-11(15(18)19)14(10)21-2/h3-7H,1-2H3,(H2,18,19). The van der Waals surface area contributed by atoms with Gasteiger partial charge in [-0.2, -0.15) is 0 Å². The summed E-state index contributed by atoms with van der Waals surface area (Å²) >= 11 is 3.35. The van der Waals surface area contributed by atoms with E-state index in [-0.39, 0.29) is 11.3 Å². The molecule has 0 bridgehead atoms. The van der Waals surface area contributed by atoms with Crippen molar-refractivity contribution in [1.82, 2.24) is 0 Å². The molecular formula is C15H13BrFNO3. The van der Waals surface area contributed by atoms with E-state index in [1.54, 1.807) is 18.2 Å². The smallest absolute Gasteiger partial charge is 0.252 e. The highest BCUT2D eigenvalue weighted by Crippen LogP contribution is 2.37. The maximum atomic E-state index is 13.7. The molecule has 110 valence electrons. The number of primary amides is 1. The van der Waals surface area contributed by atoms with Crippen molar-refractivity contribution in [2.75, 3.05) is 14.2 Å². The van der Waals surface area contributed by atoms with Gasteiger partial charge >= 0.3 is 0 Å². The third kappa shape index (κ3) is 3.00. The van der Waals surface area contributed by atoms with Crippen molar-refractivity contribution in [1.29, 1.82) is 0 Å². The summed E-state index contributed by atoms with van der Waals surface area (Å²) in [6.07, 6.45) is 0. The Labute approximate surface area is 129 Å². The Bertz CT molecular complexity index is 704. The van der Waals surface area contributed by atoms with Crippen LogP contribution < -0.4 is 15.2 Å². The number of benzene rings is 2. The van der Waals surface area contributed by atoms with Gasteiger partial charge in [-0.1, -0.05) is 6.07 Å². The lowest BCUT2D eigenvalue weighted by molar-refractivity contribution is 0.0997. The summed E-state index contributed by atoms with van der Waals surface area (Å²) in [5.41, 5.74) is 6.34. The molecule has 4 nitrogen and oxygen atoms in total. The van der Waals surface area contributed by atoms with Gasteiger partial charge in [0.2, 0.25) is 0 Å². The molecule has 2 N–H and O–H groups in total. The number of methoxy groups -OCH3 is 2. The lowest BCUT2D eigenvalue weighted by atomic mass is 10.0. The van der Waals surface area contributed by atoms with Crippen molar-refractivity contribution in [3.05, 3.63) is 46.2 Å². The Hall–Kier alpha value is -2.08. The Morgan fingerprint density at radius 3 is 2.48 bits per heavy atom. The van der Waals surface area contributed by atoms with Crippen molar-refractivity contribution in [3.8, 4) is 22.6 Å². The third-order valence-corrected chi connectivity index (χ3v) is 3.64. The van der Waals surface area contributed by atoms with Gasteiger partial charge in [0.15, 0.2) is 0 Å². The average Bonchev–Trinajstić information content (AvgIpc) is 2.46. The number of ether oxygens (including phenoxy) is 2. The van der Waals surface area contributed by atoms with E-state index in [4.69, 9.17) is 15.2 Å². The molecule has 0 aliphatic rings. The molecule has 0 heterocycles. The maximum Gasteiger partial charge on any atom is 0.252 e. The van der Waals surface area contributed by atoms with Gasteiger partial charge in [0.05, 0.1) is 24.3 Å². The van der Waals surface area contributed by atoms with Crippen LogP contribution in [0.3, 0.4) is 0 Å². The van der Waals surface area contributed by atoms with Gasteiger partial charge < -0.3 is 15.2 Å². The number of carbonyl (C=O) groups excluding carboxylic acids is 1. The lowest BCUT2D eigenvalue weighted by Crippen LogP contribution is -2.13.